The Morgan fingerprint density at radius 3 is 1.74 bits per heavy atom. The SMILES string of the molecule is CC(=O)O/C1=C(/C)[C@@H](OC(C)=O)C[C@H](O)/C(CO)=C/[C@H](OC(C)=O)[C@@H]2C[C@H](OC(C)=O)C(C)=C([C@H]1OC(C)=O)C2(C)C. The number of aliphatic hydroxyl groups excluding tert-OH is 2. The van der Waals surface area contributed by atoms with Crippen LogP contribution in [0, 0.1) is 11.3 Å². The molecule has 0 fully saturated rings. The summed E-state index contributed by atoms with van der Waals surface area (Å²) in [7, 11) is 0. The Hall–Kier alpha value is -3.51. The Morgan fingerprint density at radius 1 is 0.786 bits per heavy atom. The fourth-order valence-corrected chi connectivity index (χ4v) is 5.85. The van der Waals surface area contributed by atoms with Gasteiger partial charge in [0.25, 0.3) is 0 Å². The number of esters is 5. The molecule has 0 aliphatic heterocycles. The molecule has 0 saturated heterocycles. The Bertz CT molecular complexity index is 1190. The molecule has 2 rings (SSSR count). The first-order chi connectivity index (χ1) is 19.4. The summed E-state index contributed by atoms with van der Waals surface area (Å²) in [6.45, 7) is 12.2. The molecule has 6 atom stereocenters. The Labute approximate surface area is 245 Å². The number of hydrogen-bond acceptors (Lipinski definition) is 12. The van der Waals surface area contributed by atoms with Crippen molar-refractivity contribution >= 4 is 29.8 Å². The van der Waals surface area contributed by atoms with Crippen LogP contribution in [-0.4, -0.2) is 77.2 Å². The molecule has 42 heavy (non-hydrogen) atoms. The van der Waals surface area contributed by atoms with E-state index >= 15 is 0 Å². The molecule has 2 aliphatic rings. The van der Waals surface area contributed by atoms with Gasteiger partial charge in [0.15, 0.2) is 11.9 Å². The minimum Gasteiger partial charge on any atom is -0.458 e. The summed E-state index contributed by atoms with van der Waals surface area (Å²) in [6, 6.07) is 0. The standard InChI is InChI=1S/C30H42O12/c1-14-24(38-16(3)32)11-22-26(40-18(5)34)10-21(13-31)23(37)12-25(39-17(4)33)15(2)28(41-19(6)35)29(42-20(7)36)27(14)30(22,8)9/h10,22-26,29,31,37H,11-13H2,1-9H3/b21-10+,28-15-/t22-,23-,24-,25-,26-,29+/m0/s1. The van der Waals surface area contributed by atoms with E-state index in [0.29, 0.717) is 11.1 Å². The molecular weight excluding hydrogens is 552 g/mol. The van der Waals surface area contributed by atoms with Crippen molar-refractivity contribution in [2.75, 3.05) is 6.61 Å². The normalized spacial score (nSPS) is 30.9. The van der Waals surface area contributed by atoms with Crippen LogP contribution in [0.15, 0.2) is 34.1 Å². The van der Waals surface area contributed by atoms with Crippen molar-refractivity contribution in [3.8, 4) is 0 Å². The highest BCUT2D eigenvalue weighted by Gasteiger charge is 2.51. The van der Waals surface area contributed by atoms with Gasteiger partial charge in [-0.05, 0) is 48.5 Å². The van der Waals surface area contributed by atoms with E-state index in [9.17, 15) is 34.2 Å². The first-order valence-electron chi connectivity index (χ1n) is 13.7. The van der Waals surface area contributed by atoms with Crippen molar-refractivity contribution < 1.29 is 57.9 Å². The van der Waals surface area contributed by atoms with Crippen molar-refractivity contribution in [3.05, 3.63) is 34.1 Å². The third-order valence-corrected chi connectivity index (χ3v) is 7.65. The van der Waals surface area contributed by atoms with Crippen LogP contribution in [0.25, 0.3) is 0 Å². The molecule has 0 unspecified atom stereocenters. The van der Waals surface area contributed by atoms with Gasteiger partial charge in [-0.1, -0.05) is 13.8 Å². The third-order valence-electron chi connectivity index (χ3n) is 7.65. The van der Waals surface area contributed by atoms with Crippen LogP contribution in [0.1, 0.15) is 75.2 Å². The van der Waals surface area contributed by atoms with Crippen molar-refractivity contribution in [3.63, 3.8) is 0 Å². The molecule has 0 heterocycles. The van der Waals surface area contributed by atoms with E-state index in [0.717, 1.165) is 13.8 Å². The lowest BCUT2D eigenvalue weighted by Gasteiger charge is -2.48. The number of fused-ring (bicyclic) bond motifs is 2. The van der Waals surface area contributed by atoms with Crippen LogP contribution in [0.4, 0.5) is 0 Å². The summed E-state index contributed by atoms with van der Waals surface area (Å²) in [6.07, 6.45) is -4.54. The maximum Gasteiger partial charge on any atom is 0.307 e. The number of carbonyl (C=O) groups excluding carboxylic acids is 5. The lowest BCUT2D eigenvalue weighted by atomic mass is 9.60. The molecule has 2 N–H and O–H groups in total. The van der Waals surface area contributed by atoms with Gasteiger partial charge in [-0.2, -0.15) is 0 Å². The number of carbonyl (C=O) groups is 5. The molecule has 2 bridgehead atoms. The molecule has 0 radical (unpaired) electrons. The molecule has 0 amide bonds. The monoisotopic (exact) mass is 594 g/mol. The van der Waals surface area contributed by atoms with Crippen LogP contribution in [-0.2, 0) is 47.7 Å². The minimum atomic E-state index is -1.40. The van der Waals surface area contributed by atoms with Crippen LogP contribution in [0.5, 0.6) is 0 Å². The number of hydrogen-bond donors (Lipinski definition) is 2. The fraction of sp³-hybridized carbons (Fsp3) is 0.633. The second-order valence-electron chi connectivity index (χ2n) is 11.2. The van der Waals surface area contributed by atoms with E-state index in [1.54, 1.807) is 6.92 Å². The molecule has 12 heteroatoms. The van der Waals surface area contributed by atoms with Gasteiger partial charge in [-0.3, -0.25) is 24.0 Å². The quantitative estimate of drug-likeness (QED) is 0.262. The lowest BCUT2D eigenvalue weighted by Crippen LogP contribution is -2.49. The van der Waals surface area contributed by atoms with E-state index in [1.165, 1.54) is 33.8 Å². The van der Waals surface area contributed by atoms with Gasteiger partial charge in [0.2, 0.25) is 0 Å². The van der Waals surface area contributed by atoms with Gasteiger partial charge in [-0.15, -0.1) is 0 Å². The minimum absolute atomic E-state index is 0.0880. The topological polar surface area (TPSA) is 172 Å². The Kier molecular flexibility index (Phi) is 11.7. The van der Waals surface area contributed by atoms with E-state index < -0.39 is 78.3 Å². The average molecular weight is 595 g/mol. The maximum absolute atomic E-state index is 12.5. The number of rotatable bonds is 6. The Balaban J connectivity index is 3.13. The van der Waals surface area contributed by atoms with Crippen LogP contribution in [0.2, 0.25) is 0 Å². The molecule has 0 spiro atoms. The maximum atomic E-state index is 12.5. The summed E-state index contributed by atoms with van der Waals surface area (Å²) in [5.74, 6) is -4.23. The van der Waals surface area contributed by atoms with Gasteiger partial charge in [0, 0.05) is 52.5 Å². The lowest BCUT2D eigenvalue weighted by molar-refractivity contribution is -0.156. The highest BCUT2D eigenvalue weighted by Crippen LogP contribution is 2.51. The van der Waals surface area contributed by atoms with Crippen molar-refractivity contribution in [1.82, 2.24) is 0 Å². The van der Waals surface area contributed by atoms with Gasteiger partial charge in [-0.25, -0.2) is 0 Å². The zero-order valence-electron chi connectivity index (χ0n) is 25.6. The molecule has 0 aromatic rings. The summed E-state index contributed by atoms with van der Waals surface area (Å²) >= 11 is 0. The zero-order chi connectivity index (χ0) is 32.1. The van der Waals surface area contributed by atoms with Gasteiger partial charge in [0.05, 0.1) is 12.7 Å². The molecular formula is C30H42O12. The van der Waals surface area contributed by atoms with E-state index in [4.69, 9.17) is 23.7 Å². The first kappa shape index (κ1) is 34.7. The molecule has 234 valence electrons. The number of aliphatic hydroxyl groups is 2. The number of ether oxygens (including phenoxy) is 5. The summed E-state index contributed by atoms with van der Waals surface area (Å²) in [5, 5.41) is 21.4. The second kappa shape index (κ2) is 14.1. The van der Waals surface area contributed by atoms with Crippen LogP contribution < -0.4 is 0 Å². The highest BCUT2D eigenvalue weighted by molar-refractivity contribution is 5.70. The summed E-state index contributed by atoms with van der Waals surface area (Å²) < 4.78 is 28.4. The second-order valence-corrected chi connectivity index (χ2v) is 11.2. The molecule has 2 aliphatic carbocycles. The van der Waals surface area contributed by atoms with Crippen molar-refractivity contribution in [1.29, 1.82) is 0 Å². The van der Waals surface area contributed by atoms with E-state index in [2.05, 4.69) is 0 Å². The highest BCUT2D eigenvalue weighted by atomic mass is 16.6. The Morgan fingerprint density at radius 2 is 1.29 bits per heavy atom. The molecule has 0 aromatic carbocycles. The van der Waals surface area contributed by atoms with E-state index in [-0.39, 0.29) is 29.7 Å². The zero-order valence-corrected chi connectivity index (χ0v) is 25.6. The predicted octanol–water partition coefficient (Wildman–Crippen LogP) is 2.60. The third kappa shape index (κ3) is 8.28. The van der Waals surface area contributed by atoms with Gasteiger partial charge < -0.3 is 33.9 Å². The fourth-order valence-electron chi connectivity index (χ4n) is 5.85. The van der Waals surface area contributed by atoms with Crippen LogP contribution in [0.3, 0.4) is 0 Å². The predicted molar refractivity (Wildman–Crippen MR) is 147 cm³/mol. The van der Waals surface area contributed by atoms with Crippen molar-refractivity contribution in [2.45, 2.75) is 106 Å². The summed E-state index contributed by atoms with van der Waals surface area (Å²) in [4.78, 5) is 61.5. The molecule has 12 nitrogen and oxygen atoms in total. The molecule has 0 saturated carbocycles. The van der Waals surface area contributed by atoms with E-state index in [1.807, 2.05) is 13.8 Å². The van der Waals surface area contributed by atoms with Crippen LogP contribution >= 0.6 is 0 Å². The van der Waals surface area contributed by atoms with Crippen molar-refractivity contribution in [2.24, 2.45) is 11.3 Å². The average Bonchev–Trinajstić information content (AvgIpc) is 2.83. The largest absolute Gasteiger partial charge is 0.458 e. The summed E-state index contributed by atoms with van der Waals surface area (Å²) in [5.41, 5.74) is 0.177. The van der Waals surface area contributed by atoms with Gasteiger partial charge >= 0.3 is 29.8 Å². The molecule has 0 aromatic heterocycles. The first-order valence-corrected chi connectivity index (χ1v) is 13.7. The smallest absolute Gasteiger partial charge is 0.307 e. The van der Waals surface area contributed by atoms with Gasteiger partial charge in [0.1, 0.15) is 18.3 Å².